The minimum atomic E-state index is 0.642. The van der Waals surface area contributed by atoms with E-state index in [1.54, 1.807) is 6.33 Å². The van der Waals surface area contributed by atoms with Crippen LogP contribution in [0.15, 0.2) is 12.4 Å². The maximum absolute atomic E-state index is 5.39. The molecule has 2 rings (SSSR count). The van der Waals surface area contributed by atoms with Crippen LogP contribution < -0.4 is 9.64 Å². The number of nitrogens with zero attached hydrogens (tertiary/aromatic N) is 3. The Morgan fingerprint density at radius 1 is 1.35 bits per heavy atom. The summed E-state index contributed by atoms with van der Waals surface area (Å²) in [6, 6.07) is 1.92. The Balaban J connectivity index is 1.97. The van der Waals surface area contributed by atoms with Crippen molar-refractivity contribution in [1.82, 2.24) is 9.97 Å². The van der Waals surface area contributed by atoms with Crippen molar-refractivity contribution in [2.45, 2.75) is 32.6 Å². The lowest BCUT2D eigenvalue weighted by molar-refractivity contribution is 0.326. The molecule has 0 bridgehead atoms. The van der Waals surface area contributed by atoms with Gasteiger partial charge in [-0.3, -0.25) is 0 Å². The third-order valence-corrected chi connectivity index (χ3v) is 3.32. The second-order valence-corrected chi connectivity index (χ2v) is 4.68. The smallest absolute Gasteiger partial charge is 0.218 e. The van der Waals surface area contributed by atoms with Crippen molar-refractivity contribution >= 4 is 5.82 Å². The molecule has 0 atom stereocenters. The average molecular weight is 235 g/mol. The molecular formula is C13H21N3O. The largest absolute Gasteiger partial charge is 0.478 e. The highest BCUT2D eigenvalue weighted by molar-refractivity contribution is 5.39. The molecule has 1 aliphatic rings. The molecule has 0 radical (unpaired) electrons. The lowest BCUT2D eigenvalue weighted by Gasteiger charge is -2.22. The predicted molar refractivity (Wildman–Crippen MR) is 68.4 cm³/mol. The number of aromatic nitrogens is 2. The quantitative estimate of drug-likeness (QED) is 0.786. The van der Waals surface area contributed by atoms with Crippen LogP contribution in [0.1, 0.15) is 32.6 Å². The summed E-state index contributed by atoms with van der Waals surface area (Å²) in [7, 11) is 2.09. The van der Waals surface area contributed by atoms with Crippen LogP contribution in [0.4, 0.5) is 5.82 Å². The van der Waals surface area contributed by atoms with Crippen LogP contribution >= 0.6 is 0 Å². The van der Waals surface area contributed by atoms with Crippen LogP contribution in [0.2, 0.25) is 0 Å². The van der Waals surface area contributed by atoms with E-state index in [9.17, 15) is 0 Å². The topological polar surface area (TPSA) is 38.2 Å². The van der Waals surface area contributed by atoms with E-state index in [1.807, 2.05) is 13.0 Å². The van der Waals surface area contributed by atoms with Crippen molar-refractivity contribution in [2.24, 2.45) is 5.92 Å². The van der Waals surface area contributed by atoms with Gasteiger partial charge >= 0.3 is 0 Å². The first-order valence-electron chi connectivity index (χ1n) is 6.45. The van der Waals surface area contributed by atoms with E-state index in [0.29, 0.717) is 12.5 Å². The van der Waals surface area contributed by atoms with Gasteiger partial charge in [0.25, 0.3) is 0 Å². The lowest BCUT2D eigenvalue weighted by Crippen LogP contribution is -2.24. The fourth-order valence-electron chi connectivity index (χ4n) is 2.44. The molecule has 1 aromatic rings. The fraction of sp³-hybridized carbons (Fsp3) is 0.692. The second kappa shape index (κ2) is 5.84. The molecule has 0 spiro atoms. The van der Waals surface area contributed by atoms with E-state index >= 15 is 0 Å². The Morgan fingerprint density at radius 2 is 2.12 bits per heavy atom. The van der Waals surface area contributed by atoms with E-state index in [-0.39, 0.29) is 0 Å². The molecule has 17 heavy (non-hydrogen) atoms. The number of hydrogen-bond acceptors (Lipinski definition) is 4. The van der Waals surface area contributed by atoms with Crippen LogP contribution in [0.25, 0.3) is 0 Å². The molecule has 0 aliphatic heterocycles. The van der Waals surface area contributed by atoms with Gasteiger partial charge in [-0.05, 0) is 25.7 Å². The lowest BCUT2D eigenvalue weighted by atomic mass is 10.1. The Labute approximate surface area is 103 Å². The molecule has 94 valence electrons. The summed E-state index contributed by atoms with van der Waals surface area (Å²) in [5.41, 5.74) is 0. The van der Waals surface area contributed by atoms with Crippen LogP contribution in [-0.4, -0.2) is 30.2 Å². The van der Waals surface area contributed by atoms with Crippen molar-refractivity contribution in [3.8, 4) is 5.88 Å². The summed E-state index contributed by atoms with van der Waals surface area (Å²) in [6.07, 6.45) is 7.05. The molecule has 1 aromatic heterocycles. The highest BCUT2D eigenvalue weighted by atomic mass is 16.5. The first-order valence-corrected chi connectivity index (χ1v) is 6.45. The molecule has 0 N–H and O–H groups in total. The monoisotopic (exact) mass is 235 g/mol. The molecule has 0 unspecified atom stereocenters. The highest BCUT2D eigenvalue weighted by Crippen LogP contribution is 2.26. The molecule has 4 nitrogen and oxygen atoms in total. The standard InChI is InChI=1S/C13H21N3O/c1-3-17-13-8-12(14-10-15-13)16(2)9-11-6-4-5-7-11/h8,10-11H,3-7,9H2,1-2H3. The normalized spacial score (nSPS) is 16.1. The second-order valence-electron chi connectivity index (χ2n) is 4.68. The molecule has 1 aliphatic carbocycles. The van der Waals surface area contributed by atoms with Gasteiger partial charge in [0.2, 0.25) is 5.88 Å². The molecule has 0 amide bonds. The maximum Gasteiger partial charge on any atom is 0.218 e. The summed E-state index contributed by atoms with van der Waals surface area (Å²) in [6.45, 7) is 3.69. The number of anilines is 1. The van der Waals surface area contributed by atoms with Crippen molar-refractivity contribution in [3.05, 3.63) is 12.4 Å². The SMILES string of the molecule is CCOc1cc(N(C)CC2CCCC2)ncn1. The van der Waals surface area contributed by atoms with Gasteiger partial charge < -0.3 is 9.64 Å². The van der Waals surface area contributed by atoms with E-state index < -0.39 is 0 Å². The van der Waals surface area contributed by atoms with Crippen LogP contribution in [0.3, 0.4) is 0 Å². The number of rotatable bonds is 5. The molecular weight excluding hydrogens is 214 g/mol. The Morgan fingerprint density at radius 3 is 2.82 bits per heavy atom. The zero-order valence-corrected chi connectivity index (χ0v) is 10.7. The van der Waals surface area contributed by atoms with Gasteiger partial charge in [-0.1, -0.05) is 12.8 Å². The van der Waals surface area contributed by atoms with E-state index in [4.69, 9.17) is 4.74 Å². The average Bonchev–Trinajstić information content (AvgIpc) is 2.83. The Hall–Kier alpha value is -1.32. The minimum Gasteiger partial charge on any atom is -0.478 e. The van der Waals surface area contributed by atoms with E-state index in [0.717, 1.165) is 18.3 Å². The third kappa shape index (κ3) is 3.32. The first-order chi connectivity index (χ1) is 8.29. The summed E-state index contributed by atoms with van der Waals surface area (Å²) in [4.78, 5) is 10.6. The minimum absolute atomic E-state index is 0.642. The van der Waals surface area contributed by atoms with E-state index in [2.05, 4.69) is 21.9 Å². The summed E-state index contributed by atoms with van der Waals surface area (Å²) in [5, 5.41) is 0. The Kier molecular flexibility index (Phi) is 4.18. The molecule has 4 heteroatoms. The van der Waals surface area contributed by atoms with Crippen LogP contribution in [0, 0.1) is 5.92 Å². The summed E-state index contributed by atoms with van der Waals surface area (Å²) in [5.74, 6) is 2.44. The molecule has 0 aromatic carbocycles. The van der Waals surface area contributed by atoms with Gasteiger partial charge in [0.1, 0.15) is 12.1 Å². The number of ether oxygens (including phenoxy) is 1. The predicted octanol–water partition coefficient (Wildman–Crippen LogP) is 2.50. The maximum atomic E-state index is 5.39. The van der Waals surface area contributed by atoms with Gasteiger partial charge in [-0.25, -0.2) is 9.97 Å². The molecule has 0 saturated heterocycles. The summed E-state index contributed by atoms with van der Waals surface area (Å²) < 4.78 is 5.39. The first kappa shape index (κ1) is 12.1. The fourth-order valence-corrected chi connectivity index (χ4v) is 2.44. The zero-order chi connectivity index (χ0) is 12.1. The zero-order valence-electron chi connectivity index (χ0n) is 10.7. The van der Waals surface area contributed by atoms with Gasteiger partial charge in [0.05, 0.1) is 6.61 Å². The third-order valence-electron chi connectivity index (χ3n) is 3.32. The number of hydrogen-bond donors (Lipinski definition) is 0. The van der Waals surface area contributed by atoms with Gasteiger partial charge in [-0.15, -0.1) is 0 Å². The molecule has 1 fully saturated rings. The van der Waals surface area contributed by atoms with Crippen molar-refractivity contribution < 1.29 is 4.74 Å². The van der Waals surface area contributed by atoms with Crippen LogP contribution in [-0.2, 0) is 0 Å². The van der Waals surface area contributed by atoms with Crippen LogP contribution in [0.5, 0.6) is 5.88 Å². The summed E-state index contributed by atoms with van der Waals surface area (Å²) >= 11 is 0. The van der Waals surface area contributed by atoms with Gasteiger partial charge in [0.15, 0.2) is 0 Å². The molecule has 1 heterocycles. The van der Waals surface area contributed by atoms with Gasteiger partial charge in [-0.2, -0.15) is 0 Å². The van der Waals surface area contributed by atoms with Crippen molar-refractivity contribution in [1.29, 1.82) is 0 Å². The van der Waals surface area contributed by atoms with E-state index in [1.165, 1.54) is 25.7 Å². The Bertz CT molecular complexity index is 350. The van der Waals surface area contributed by atoms with Crippen molar-refractivity contribution in [3.63, 3.8) is 0 Å². The molecule has 1 saturated carbocycles. The van der Waals surface area contributed by atoms with Crippen molar-refractivity contribution in [2.75, 3.05) is 25.1 Å². The van der Waals surface area contributed by atoms with Gasteiger partial charge in [0, 0.05) is 19.7 Å². The highest BCUT2D eigenvalue weighted by Gasteiger charge is 2.17.